The summed E-state index contributed by atoms with van der Waals surface area (Å²) in [5.74, 6) is -0.568. The molecule has 1 aromatic heterocycles. The van der Waals surface area contributed by atoms with Crippen molar-refractivity contribution in [2.75, 3.05) is 24.6 Å². The molecule has 1 fully saturated rings. The molecule has 0 radical (unpaired) electrons. The number of nitrogens with zero attached hydrogens (tertiary/aromatic N) is 2. The molecule has 3 rings (SSSR count). The molecule has 0 atom stereocenters. The predicted molar refractivity (Wildman–Crippen MR) is 99.6 cm³/mol. The second-order valence-electron chi connectivity index (χ2n) is 7.01. The van der Waals surface area contributed by atoms with Crippen LogP contribution in [-0.2, 0) is 17.1 Å². The summed E-state index contributed by atoms with van der Waals surface area (Å²) < 4.78 is 81.8. The van der Waals surface area contributed by atoms with Crippen LogP contribution in [0.25, 0.3) is 0 Å². The van der Waals surface area contributed by atoms with Crippen molar-refractivity contribution in [2.45, 2.75) is 31.2 Å². The van der Waals surface area contributed by atoms with Gasteiger partial charge < -0.3 is 15.0 Å². The number of amides is 1. The number of carbonyl (C=O) groups excluding carboxylic acids is 1. The number of hydrogen-bond donors (Lipinski definition) is 1. The van der Waals surface area contributed by atoms with E-state index in [1.807, 2.05) is 0 Å². The first-order valence-corrected chi connectivity index (χ1v) is 9.40. The minimum atomic E-state index is -4.59. The van der Waals surface area contributed by atoms with E-state index < -0.39 is 41.7 Å². The first-order chi connectivity index (χ1) is 14.5. The topological polar surface area (TPSA) is 54.5 Å². The van der Waals surface area contributed by atoms with Crippen LogP contribution in [-0.4, -0.2) is 36.6 Å². The van der Waals surface area contributed by atoms with Gasteiger partial charge in [0.25, 0.3) is 5.91 Å². The van der Waals surface area contributed by atoms with Crippen LogP contribution in [0.3, 0.4) is 0 Å². The Balaban J connectivity index is 1.47. The summed E-state index contributed by atoms with van der Waals surface area (Å²) in [5.41, 5.74) is -1.79. The lowest BCUT2D eigenvalue weighted by molar-refractivity contribution is -0.140. The first kappa shape index (κ1) is 22.7. The summed E-state index contributed by atoms with van der Waals surface area (Å²) in [5, 5.41) is 2.71. The Morgan fingerprint density at radius 2 is 1.71 bits per heavy atom. The largest absolute Gasteiger partial charge is 0.483 e. The molecule has 0 unspecified atom stereocenters. The summed E-state index contributed by atoms with van der Waals surface area (Å²) >= 11 is 0. The molecule has 1 aliphatic heterocycles. The number of carbonyl (C=O) groups is 1. The molecule has 2 heterocycles. The minimum Gasteiger partial charge on any atom is -0.483 e. The zero-order valence-corrected chi connectivity index (χ0v) is 16.1. The number of pyridine rings is 1. The normalized spacial score (nSPS) is 15.6. The number of para-hydroxylation sites is 1. The maximum absolute atomic E-state index is 13.0. The van der Waals surface area contributed by atoms with Crippen molar-refractivity contribution in [1.29, 1.82) is 0 Å². The number of anilines is 1. The molecule has 0 spiro atoms. The third-order valence-electron chi connectivity index (χ3n) is 4.81. The molecular weight excluding hydrogens is 428 g/mol. The molecule has 5 nitrogen and oxygen atoms in total. The Morgan fingerprint density at radius 1 is 1.03 bits per heavy atom. The Bertz CT molecular complexity index is 891. The summed E-state index contributed by atoms with van der Waals surface area (Å²) in [6, 6.07) is 6.67. The van der Waals surface area contributed by atoms with E-state index in [0.717, 1.165) is 24.4 Å². The Hall–Kier alpha value is -2.98. The van der Waals surface area contributed by atoms with Gasteiger partial charge in [-0.3, -0.25) is 4.79 Å². The molecule has 1 N–H and O–H groups in total. The molecule has 0 bridgehead atoms. The van der Waals surface area contributed by atoms with Crippen LogP contribution in [0.15, 0.2) is 42.6 Å². The van der Waals surface area contributed by atoms with Crippen LogP contribution in [0, 0.1) is 0 Å². The maximum atomic E-state index is 13.0. The molecule has 0 saturated carbocycles. The predicted octanol–water partition coefficient (Wildman–Crippen LogP) is 4.28. The van der Waals surface area contributed by atoms with E-state index in [9.17, 15) is 31.1 Å². The minimum absolute atomic E-state index is 0.223. The third-order valence-corrected chi connectivity index (χ3v) is 4.81. The van der Waals surface area contributed by atoms with Crippen LogP contribution >= 0.6 is 0 Å². The fourth-order valence-electron chi connectivity index (χ4n) is 3.23. The van der Waals surface area contributed by atoms with Gasteiger partial charge in [-0.05, 0) is 37.1 Å². The lowest BCUT2D eigenvalue weighted by Gasteiger charge is -2.33. The molecule has 1 aromatic carbocycles. The van der Waals surface area contributed by atoms with Crippen LogP contribution in [0.5, 0.6) is 5.75 Å². The quantitative estimate of drug-likeness (QED) is 0.696. The summed E-state index contributed by atoms with van der Waals surface area (Å²) in [6.07, 6.45) is -7.25. The molecule has 31 heavy (non-hydrogen) atoms. The van der Waals surface area contributed by atoms with Crippen LogP contribution in [0.1, 0.15) is 24.0 Å². The number of aromatic nitrogens is 1. The van der Waals surface area contributed by atoms with Gasteiger partial charge in [0.15, 0.2) is 6.61 Å². The Kier molecular flexibility index (Phi) is 6.61. The zero-order valence-electron chi connectivity index (χ0n) is 16.1. The van der Waals surface area contributed by atoms with Gasteiger partial charge in [0.1, 0.15) is 11.6 Å². The highest BCUT2D eigenvalue weighted by molar-refractivity contribution is 5.78. The van der Waals surface area contributed by atoms with E-state index in [-0.39, 0.29) is 6.04 Å². The number of nitrogens with one attached hydrogen (secondary N) is 1. The van der Waals surface area contributed by atoms with Crippen molar-refractivity contribution in [3.63, 3.8) is 0 Å². The summed E-state index contributed by atoms with van der Waals surface area (Å²) in [7, 11) is 0. The number of halogens is 6. The summed E-state index contributed by atoms with van der Waals surface area (Å²) in [6.45, 7) is 0.357. The molecule has 0 aliphatic carbocycles. The molecule has 11 heteroatoms. The van der Waals surface area contributed by atoms with Crippen molar-refractivity contribution in [2.24, 2.45) is 0 Å². The van der Waals surface area contributed by atoms with Gasteiger partial charge in [-0.25, -0.2) is 4.98 Å². The number of hydrogen-bond acceptors (Lipinski definition) is 4. The first-order valence-electron chi connectivity index (χ1n) is 9.40. The van der Waals surface area contributed by atoms with Gasteiger partial charge in [-0.15, -0.1) is 0 Å². The van der Waals surface area contributed by atoms with E-state index in [1.165, 1.54) is 18.2 Å². The average Bonchev–Trinajstić information content (AvgIpc) is 2.72. The molecular formula is C20H19F6N3O2. The van der Waals surface area contributed by atoms with Crippen molar-refractivity contribution in [3.05, 3.63) is 53.7 Å². The van der Waals surface area contributed by atoms with Gasteiger partial charge in [-0.1, -0.05) is 12.1 Å². The van der Waals surface area contributed by atoms with E-state index in [1.54, 1.807) is 4.90 Å². The van der Waals surface area contributed by atoms with Crippen molar-refractivity contribution >= 4 is 11.7 Å². The zero-order chi connectivity index (χ0) is 22.6. The van der Waals surface area contributed by atoms with Crippen molar-refractivity contribution in [3.8, 4) is 5.75 Å². The van der Waals surface area contributed by atoms with Gasteiger partial charge in [0, 0.05) is 25.3 Å². The Morgan fingerprint density at radius 3 is 2.29 bits per heavy atom. The average molecular weight is 447 g/mol. The molecule has 1 aliphatic rings. The Labute approximate surface area is 174 Å². The van der Waals surface area contributed by atoms with Crippen LogP contribution < -0.4 is 15.0 Å². The lowest BCUT2D eigenvalue weighted by atomic mass is 10.0. The molecule has 1 amide bonds. The number of rotatable bonds is 5. The fraction of sp³-hybridized carbons (Fsp3) is 0.400. The highest BCUT2D eigenvalue weighted by Crippen LogP contribution is 2.35. The standard InChI is InChI=1S/C20H19F6N3O2/c21-19(22,23)13-5-6-17(27-11-13)29-9-7-14(8-10-29)28-18(30)12-31-16-4-2-1-3-15(16)20(24,25)26/h1-6,11,14H,7-10,12H2,(H,28,30). The smallest absolute Gasteiger partial charge is 0.419 e. The van der Waals surface area contributed by atoms with Gasteiger partial charge in [0.2, 0.25) is 0 Å². The van der Waals surface area contributed by atoms with Crippen LogP contribution in [0.2, 0.25) is 0 Å². The van der Waals surface area contributed by atoms with E-state index in [0.29, 0.717) is 31.7 Å². The summed E-state index contributed by atoms with van der Waals surface area (Å²) in [4.78, 5) is 17.7. The van der Waals surface area contributed by atoms with Gasteiger partial charge in [-0.2, -0.15) is 26.3 Å². The fourth-order valence-corrected chi connectivity index (χ4v) is 3.23. The van der Waals surface area contributed by atoms with Gasteiger partial charge >= 0.3 is 12.4 Å². The van der Waals surface area contributed by atoms with Crippen molar-refractivity contribution in [1.82, 2.24) is 10.3 Å². The third kappa shape index (κ3) is 6.02. The molecule has 2 aromatic rings. The monoisotopic (exact) mass is 447 g/mol. The number of alkyl halides is 6. The number of piperidine rings is 1. The number of benzene rings is 1. The lowest BCUT2D eigenvalue weighted by Crippen LogP contribution is -2.46. The SMILES string of the molecule is O=C(COc1ccccc1C(F)(F)F)NC1CCN(c2ccc(C(F)(F)F)cn2)CC1. The van der Waals surface area contributed by atoms with E-state index in [4.69, 9.17) is 4.74 Å². The van der Waals surface area contributed by atoms with E-state index in [2.05, 4.69) is 10.3 Å². The van der Waals surface area contributed by atoms with Crippen molar-refractivity contribution < 1.29 is 35.9 Å². The second kappa shape index (κ2) is 9.03. The molecule has 168 valence electrons. The highest BCUT2D eigenvalue weighted by atomic mass is 19.4. The van der Waals surface area contributed by atoms with Gasteiger partial charge in [0.05, 0.1) is 11.1 Å². The maximum Gasteiger partial charge on any atom is 0.419 e. The van der Waals surface area contributed by atoms with E-state index >= 15 is 0 Å². The molecule has 1 saturated heterocycles. The highest BCUT2D eigenvalue weighted by Gasteiger charge is 2.34. The number of ether oxygens (including phenoxy) is 1. The van der Waals surface area contributed by atoms with Crippen LogP contribution in [0.4, 0.5) is 32.2 Å². The second-order valence-corrected chi connectivity index (χ2v) is 7.01.